The molecule has 0 bridgehead atoms. The molecule has 3 aromatic rings. The fourth-order valence-corrected chi connectivity index (χ4v) is 4.62. The summed E-state index contributed by atoms with van der Waals surface area (Å²) in [5.41, 5.74) is 5.01. The summed E-state index contributed by atoms with van der Waals surface area (Å²) < 4.78 is 0. The average molecular weight is 494 g/mol. The van der Waals surface area contributed by atoms with Gasteiger partial charge in [0.1, 0.15) is 11.0 Å². The van der Waals surface area contributed by atoms with Gasteiger partial charge in [0.2, 0.25) is 11.0 Å². The average Bonchev–Trinajstić information content (AvgIpc) is 3.25. The molecule has 3 amide bonds. The normalized spacial score (nSPS) is 12.2. The Morgan fingerprint density at radius 3 is 2.06 bits per heavy atom. The van der Waals surface area contributed by atoms with Crippen LogP contribution in [0, 0.1) is 12.8 Å². The van der Waals surface area contributed by atoms with Gasteiger partial charge in [0.05, 0.1) is 0 Å². The van der Waals surface area contributed by atoms with E-state index in [0.717, 1.165) is 32.9 Å². The molecule has 1 atom stereocenters. The van der Waals surface area contributed by atoms with Gasteiger partial charge < -0.3 is 10.6 Å². The molecule has 0 aliphatic carbocycles. The molecule has 1 aromatic heterocycles. The van der Waals surface area contributed by atoms with Crippen molar-refractivity contribution in [3.05, 3.63) is 59.2 Å². The Morgan fingerprint density at radius 2 is 1.49 bits per heavy atom. The Bertz CT molecular complexity index is 1160. The van der Waals surface area contributed by atoms with Gasteiger partial charge in [-0.1, -0.05) is 94.8 Å². The van der Waals surface area contributed by atoms with Crippen molar-refractivity contribution in [3.63, 3.8) is 0 Å². The molecule has 1 unspecified atom stereocenters. The molecule has 186 valence electrons. The molecule has 35 heavy (non-hydrogen) atoms. The highest BCUT2D eigenvalue weighted by atomic mass is 32.1. The number of anilines is 2. The minimum absolute atomic E-state index is 0.130. The maximum absolute atomic E-state index is 13.1. The predicted molar refractivity (Wildman–Crippen MR) is 144 cm³/mol. The molecule has 7 nitrogen and oxygen atoms in total. The van der Waals surface area contributed by atoms with Gasteiger partial charge in [-0.25, -0.2) is 4.79 Å². The van der Waals surface area contributed by atoms with Crippen LogP contribution in [0.3, 0.4) is 0 Å². The quantitative estimate of drug-likeness (QED) is 0.332. The lowest BCUT2D eigenvalue weighted by atomic mass is 9.93. The Balaban J connectivity index is 1.73. The molecule has 8 heteroatoms. The summed E-state index contributed by atoms with van der Waals surface area (Å²) >= 11 is 1.30. The van der Waals surface area contributed by atoms with E-state index < -0.39 is 12.1 Å². The van der Waals surface area contributed by atoms with Crippen LogP contribution in [0.5, 0.6) is 0 Å². The highest BCUT2D eigenvalue weighted by Gasteiger charge is 2.26. The van der Waals surface area contributed by atoms with Crippen molar-refractivity contribution < 1.29 is 9.59 Å². The van der Waals surface area contributed by atoms with Crippen LogP contribution in [0.15, 0.2) is 42.5 Å². The second kappa shape index (κ2) is 11.4. The number of benzene rings is 2. The first-order valence-corrected chi connectivity index (χ1v) is 12.8. The molecule has 0 fully saturated rings. The number of urea groups is 1. The molecular formula is C27H35N5O2S. The fourth-order valence-electron chi connectivity index (χ4n) is 3.87. The van der Waals surface area contributed by atoms with Crippen LogP contribution in [-0.4, -0.2) is 28.2 Å². The van der Waals surface area contributed by atoms with Gasteiger partial charge in [-0.05, 0) is 41.9 Å². The van der Waals surface area contributed by atoms with Gasteiger partial charge in [0.25, 0.3) is 0 Å². The van der Waals surface area contributed by atoms with Crippen LogP contribution in [0.2, 0.25) is 0 Å². The Labute approximate surface area is 211 Å². The SMILES string of the molecule is Cc1cccc(-c2nnc(NC(=O)C(NC(=O)Nc3c(C(C)C)cccc3C(C)C)C(C)C)s2)c1. The standard InChI is InChI=1S/C27H35N5O2S/c1-15(2)20-12-9-13-21(16(3)4)23(20)29-26(34)28-22(17(5)6)24(33)30-27-32-31-25(35-27)19-11-8-10-18(7)14-19/h8-17,22H,1-7H3,(H2,28,29,34)(H,30,32,33). The summed E-state index contributed by atoms with van der Waals surface area (Å²) in [6.45, 7) is 14.2. The molecule has 0 radical (unpaired) electrons. The highest BCUT2D eigenvalue weighted by Crippen LogP contribution is 2.32. The number of hydrogen-bond donors (Lipinski definition) is 3. The minimum atomic E-state index is -0.741. The van der Waals surface area contributed by atoms with Crippen LogP contribution in [-0.2, 0) is 4.79 Å². The van der Waals surface area contributed by atoms with E-state index in [-0.39, 0.29) is 23.7 Å². The summed E-state index contributed by atoms with van der Waals surface area (Å²) in [6, 6.07) is 12.9. The highest BCUT2D eigenvalue weighted by molar-refractivity contribution is 7.18. The van der Waals surface area contributed by atoms with Crippen LogP contribution < -0.4 is 16.0 Å². The maximum atomic E-state index is 13.1. The summed E-state index contributed by atoms with van der Waals surface area (Å²) in [4.78, 5) is 26.1. The van der Waals surface area contributed by atoms with Crippen LogP contribution in [0.4, 0.5) is 15.6 Å². The number of aryl methyl sites for hydroxylation is 1. The summed E-state index contributed by atoms with van der Waals surface area (Å²) in [5.74, 6) is 0.0273. The lowest BCUT2D eigenvalue weighted by molar-refractivity contribution is -0.118. The molecule has 2 aromatic carbocycles. The van der Waals surface area contributed by atoms with E-state index in [4.69, 9.17) is 0 Å². The number of hydrogen-bond acceptors (Lipinski definition) is 5. The molecule has 0 aliphatic rings. The van der Waals surface area contributed by atoms with E-state index in [2.05, 4.69) is 53.8 Å². The number of nitrogens with one attached hydrogen (secondary N) is 3. The molecule has 0 saturated heterocycles. The van der Waals surface area contributed by atoms with Gasteiger partial charge >= 0.3 is 6.03 Å². The minimum Gasteiger partial charge on any atom is -0.326 e. The smallest absolute Gasteiger partial charge is 0.319 e. The van der Waals surface area contributed by atoms with Crippen LogP contribution >= 0.6 is 11.3 Å². The molecule has 0 saturated carbocycles. The van der Waals surface area contributed by atoms with Crippen molar-refractivity contribution in [2.45, 2.75) is 66.3 Å². The first-order chi connectivity index (χ1) is 16.6. The zero-order valence-electron chi connectivity index (χ0n) is 21.5. The fraction of sp³-hybridized carbons (Fsp3) is 0.407. The third-order valence-corrected chi connectivity index (χ3v) is 6.66. The van der Waals surface area contributed by atoms with Crippen molar-refractivity contribution >= 4 is 34.1 Å². The van der Waals surface area contributed by atoms with Gasteiger partial charge in [0.15, 0.2) is 0 Å². The number of amides is 3. The topological polar surface area (TPSA) is 96.0 Å². The van der Waals surface area contributed by atoms with Crippen molar-refractivity contribution in [2.75, 3.05) is 10.6 Å². The maximum Gasteiger partial charge on any atom is 0.319 e. The Morgan fingerprint density at radius 1 is 0.857 bits per heavy atom. The zero-order valence-corrected chi connectivity index (χ0v) is 22.3. The number of carbonyl (C=O) groups is 2. The third kappa shape index (κ3) is 6.66. The summed E-state index contributed by atoms with van der Waals surface area (Å²) in [7, 11) is 0. The number of nitrogens with zero attached hydrogens (tertiary/aromatic N) is 2. The van der Waals surface area contributed by atoms with Gasteiger partial charge in [0, 0.05) is 11.3 Å². The summed E-state index contributed by atoms with van der Waals surface area (Å²) in [6.07, 6.45) is 0. The van der Waals surface area contributed by atoms with E-state index in [9.17, 15) is 9.59 Å². The predicted octanol–water partition coefficient (Wildman–Crippen LogP) is 6.55. The zero-order chi connectivity index (χ0) is 25.7. The number of aromatic nitrogens is 2. The molecule has 3 rings (SSSR count). The Kier molecular flexibility index (Phi) is 8.62. The summed E-state index contributed by atoms with van der Waals surface area (Å²) in [5, 5.41) is 18.1. The van der Waals surface area contributed by atoms with E-state index >= 15 is 0 Å². The van der Waals surface area contributed by atoms with Gasteiger partial charge in [-0.15, -0.1) is 10.2 Å². The van der Waals surface area contributed by atoms with Crippen molar-refractivity contribution in [3.8, 4) is 10.6 Å². The number of para-hydroxylation sites is 1. The van der Waals surface area contributed by atoms with Crippen molar-refractivity contribution in [1.82, 2.24) is 15.5 Å². The van der Waals surface area contributed by atoms with Gasteiger partial charge in [-0.3, -0.25) is 10.1 Å². The second-order valence-electron chi connectivity index (χ2n) is 9.71. The second-order valence-corrected chi connectivity index (χ2v) is 10.7. The van der Waals surface area contributed by atoms with Gasteiger partial charge in [-0.2, -0.15) is 0 Å². The first kappa shape index (κ1) is 26.3. The van der Waals surface area contributed by atoms with E-state index in [1.54, 1.807) is 0 Å². The largest absolute Gasteiger partial charge is 0.326 e. The molecule has 1 heterocycles. The van der Waals surface area contributed by atoms with Crippen LogP contribution in [0.1, 0.15) is 70.1 Å². The molecule has 3 N–H and O–H groups in total. The first-order valence-electron chi connectivity index (χ1n) is 12.0. The van der Waals surface area contributed by atoms with Crippen molar-refractivity contribution in [2.24, 2.45) is 5.92 Å². The Hall–Kier alpha value is -3.26. The number of carbonyl (C=O) groups excluding carboxylic acids is 2. The molecule has 0 spiro atoms. The van der Waals surface area contributed by atoms with Crippen molar-refractivity contribution in [1.29, 1.82) is 0 Å². The van der Waals surface area contributed by atoms with E-state index in [1.165, 1.54) is 11.3 Å². The van der Waals surface area contributed by atoms with E-state index in [1.807, 2.05) is 63.2 Å². The monoisotopic (exact) mass is 493 g/mol. The molecular weight excluding hydrogens is 458 g/mol. The third-order valence-electron chi connectivity index (χ3n) is 5.77. The van der Waals surface area contributed by atoms with E-state index in [0.29, 0.717) is 5.13 Å². The number of rotatable bonds is 8. The lowest BCUT2D eigenvalue weighted by Gasteiger charge is -2.24. The van der Waals surface area contributed by atoms with Crippen LogP contribution in [0.25, 0.3) is 10.6 Å². The molecule has 0 aliphatic heterocycles. The lowest BCUT2D eigenvalue weighted by Crippen LogP contribution is -2.48.